The Balaban J connectivity index is 2.02. The number of benzene rings is 1. The number of nitrogens with zero attached hydrogens (tertiary/aromatic N) is 1. The molecule has 0 aromatic heterocycles. The molecule has 1 aliphatic rings. The fourth-order valence-electron chi connectivity index (χ4n) is 2.33. The van der Waals surface area contributed by atoms with Crippen LogP contribution in [0.15, 0.2) is 29.2 Å². The molecule has 0 bridgehead atoms. The maximum Gasteiger partial charge on any atom is 0.257 e. The molecule has 7 nitrogen and oxygen atoms in total. The Morgan fingerprint density at radius 2 is 1.91 bits per heavy atom. The normalized spacial score (nSPS) is 15.3. The van der Waals surface area contributed by atoms with Crippen molar-refractivity contribution in [3.05, 3.63) is 24.3 Å². The lowest BCUT2D eigenvalue weighted by Gasteiger charge is -2.16. The van der Waals surface area contributed by atoms with Crippen LogP contribution in [0, 0.1) is 5.92 Å². The minimum atomic E-state index is -3.83. The molecule has 1 aromatic carbocycles. The first kappa shape index (κ1) is 17.4. The summed E-state index contributed by atoms with van der Waals surface area (Å²) in [4.78, 5) is 26.9. The van der Waals surface area contributed by atoms with Crippen LogP contribution in [0.3, 0.4) is 0 Å². The van der Waals surface area contributed by atoms with Crippen molar-refractivity contribution in [3.63, 3.8) is 0 Å². The Labute approximate surface area is 136 Å². The van der Waals surface area contributed by atoms with Crippen LogP contribution >= 0.6 is 0 Å². The molecule has 0 radical (unpaired) electrons. The number of carbonyl (C=O) groups excluding carboxylic acids is 2. The molecule has 1 aromatic rings. The highest BCUT2D eigenvalue weighted by Gasteiger charge is 2.22. The number of amides is 2. The number of anilines is 1. The van der Waals surface area contributed by atoms with Crippen LogP contribution in [0.2, 0.25) is 0 Å². The molecule has 126 valence electrons. The van der Waals surface area contributed by atoms with Crippen molar-refractivity contribution >= 4 is 27.5 Å². The van der Waals surface area contributed by atoms with Crippen molar-refractivity contribution in [2.24, 2.45) is 5.92 Å². The number of sulfonamides is 1. The summed E-state index contributed by atoms with van der Waals surface area (Å²) < 4.78 is 24.2. The second-order valence-corrected chi connectivity index (χ2v) is 7.58. The number of hydrogen-bond donors (Lipinski definition) is 2. The van der Waals surface area contributed by atoms with Crippen LogP contribution in [0.25, 0.3) is 0 Å². The van der Waals surface area contributed by atoms with E-state index in [1.807, 2.05) is 13.8 Å². The molecule has 1 aliphatic heterocycles. The van der Waals surface area contributed by atoms with Crippen LogP contribution in [0.4, 0.5) is 5.69 Å². The molecular weight excluding hydrogens is 318 g/mol. The number of carbonyl (C=O) groups is 2. The first-order chi connectivity index (χ1) is 10.8. The van der Waals surface area contributed by atoms with Gasteiger partial charge in [-0.05, 0) is 36.6 Å². The number of rotatable bonds is 6. The van der Waals surface area contributed by atoms with Gasteiger partial charge < -0.3 is 4.90 Å². The van der Waals surface area contributed by atoms with Gasteiger partial charge in [0.1, 0.15) is 0 Å². The molecule has 2 rings (SSSR count). The van der Waals surface area contributed by atoms with E-state index in [9.17, 15) is 18.0 Å². The van der Waals surface area contributed by atoms with Gasteiger partial charge >= 0.3 is 0 Å². The predicted molar refractivity (Wildman–Crippen MR) is 85.9 cm³/mol. The second-order valence-electron chi connectivity index (χ2n) is 5.89. The largest absolute Gasteiger partial charge is 0.312 e. The van der Waals surface area contributed by atoms with E-state index in [-0.39, 0.29) is 29.0 Å². The van der Waals surface area contributed by atoms with E-state index in [4.69, 9.17) is 0 Å². The topological polar surface area (TPSA) is 95.6 Å². The molecule has 2 amide bonds. The Morgan fingerprint density at radius 1 is 1.26 bits per heavy atom. The van der Waals surface area contributed by atoms with E-state index in [0.29, 0.717) is 18.7 Å². The highest BCUT2D eigenvalue weighted by Crippen LogP contribution is 2.22. The number of hydrogen-bond acceptors (Lipinski definition) is 4. The average Bonchev–Trinajstić information content (AvgIpc) is 2.91. The first-order valence-electron chi connectivity index (χ1n) is 7.50. The zero-order chi connectivity index (χ0) is 17.0. The van der Waals surface area contributed by atoms with Crippen LogP contribution in [0.5, 0.6) is 0 Å². The Morgan fingerprint density at radius 3 is 2.43 bits per heavy atom. The minimum absolute atomic E-state index is 0.0257. The van der Waals surface area contributed by atoms with Crippen LogP contribution in [-0.2, 0) is 19.6 Å². The quantitative estimate of drug-likeness (QED) is 0.761. The zero-order valence-corrected chi connectivity index (χ0v) is 14.0. The first-order valence-corrected chi connectivity index (χ1v) is 8.99. The minimum Gasteiger partial charge on any atom is -0.312 e. The van der Waals surface area contributed by atoms with Gasteiger partial charge in [0.15, 0.2) is 0 Å². The molecule has 0 unspecified atom stereocenters. The standard InChI is InChI=1S/C15H21N3O4S/c1-11(2)10-14(19)16-17-23(21,22)13-7-5-12(6-8-13)18-9-3-4-15(18)20/h5-8,11,17H,3-4,9-10H2,1-2H3,(H,16,19). The fourth-order valence-corrected chi connectivity index (χ4v) is 3.19. The molecule has 8 heteroatoms. The smallest absolute Gasteiger partial charge is 0.257 e. The fraction of sp³-hybridized carbons (Fsp3) is 0.467. The van der Waals surface area contributed by atoms with E-state index < -0.39 is 10.0 Å². The van der Waals surface area contributed by atoms with Gasteiger partial charge in [-0.1, -0.05) is 13.8 Å². The van der Waals surface area contributed by atoms with Gasteiger partial charge in [0.2, 0.25) is 11.8 Å². The van der Waals surface area contributed by atoms with Crippen molar-refractivity contribution in [2.45, 2.75) is 38.0 Å². The molecule has 0 saturated carbocycles. The highest BCUT2D eigenvalue weighted by atomic mass is 32.2. The highest BCUT2D eigenvalue weighted by molar-refractivity contribution is 7.89. The maximum atomic E-state index is 12.1. The van der Waals surface area contributed by atoms with Gasteiger partial charge in [-0.25, -0.2) is 8.42 Å². The van der Waals surface area contributed by atoms with E-state index in [1.54, 1.807) is 17.0 Å². The Hall–Kier alpha value is -1.93. The Bertz CT molecular complexity index is 683. The molecule has 1 fully saturated rings. The van der Waals surface area contributed by atoms with Crippen molar-refractivity contribution in [1.82, 2.24) is 10.3 Å². The summed E-state index contributed by atoms with van der Waals surface area (Å²) in [5.41, 5.74) is 2.86. The van der Waals surface area contributed by atoms with E-state index in [0.717, 1.165) is 6.42 Å². The molecule has 23 heavy (non-hydrogen) atoms. The van der Waals surface area contributed by atoms with Gasteiger partial charge in [-0.15, -0.1) is 4.83 Å². The monoisotopic (exact) mass is 339 g/mol. The molecule has 0 spiro atoms. The summed E-state index contributed by atoms with van der Waals surface area (Å²) in [5.74, 6) is -0.209. The zero-order valence-electron chi connectivity index (χ0n) is 13.2. The SMILES string of the molecule is CC(C)CC(=O)NNS(=O)(=O)c1ccc(N2CCCC2=O)cc1. The summed E-state index contributed by atoms with van der Waals surface area (Å²) in [7, 11) is -3.83. The molecular formula is C15H21N3O4S. The molecule has 0 atom stereocenters. The molecule has 1 saturated heterocycles. The molecule has 1 heterocycles. The van der Waals surface area contributed by atoms with Crippen LogP contribution in [0.1, 0.15) is 33.1 Å². The summed E-state index contributed by atoms with van der Waals surface area (Å²) >= 11 is 0. The van der Waals surface area contributed by atoms with E-state index in [2.05, 4.69) is 10.3 Å². The number of nitrogens with one attached hydrogen (secondary N) is 2. The third-order valence-corrected chi connectivity index (χ3v) is 4.71. The lowest BCUT2D eigenvalue weighted by molar-refractivity contribution is -0.122. The van der Waals surface area contributed by atoms with Crippen LogP contribution < -0.4 is 15.2 Å². The second kappa shape index (κ2) is 7.10. The lowest BCUT2D eigenvalue weighted by Crippen LogP contribution is -2.41. The van der Waals surface area contributed by atoms with Crippen molar-refractivity contribution in [3.8, 4) is 0 Å². The molecule has 0 aliphatic carbocycles. The van der Waals surface area contributed by atoms with Crippen molar-refractivity contribution in [1.29, 1.82) is 0 Å². The van der Waals surface area contributed by atoms with Gasteiger partial charge in [0, 0.05) is 25.1 Å². The third kappa shape index (κ3) is 4.52. The van der Waals surface area contributed by atoms with Crippen LogP contribution in [-0.4, -0.2) is 26.8 Å². The Kier molecular flexibility index (Phi) is 5.38. The van der Waals surface area contributed by atoms with Crippen molar-refractivity contribution in [2.75, 3.05) is 11.4 Å². The van der Waals surface area contributed by atoms with Gasteiger partial charge in [0.05, 0.1) is 4.90 Å². The molecule has 2 N–H and O–H groups in total. The summed E-state index contributed by atoms with van der Waals surface area (Å²) in [6, 6.07) is 6.01. The predicted octanol–water partition coefficient (Wildman–Crippen LogP) is 1.17. The van der Waals surface area contributed by atoms with E-state index >= 15 is 0 Å². The lowest BCUT2D eigenvalue weighted by atomic mass is 10.1. The maximum absolute atomic E-state index is 12.1. The summed E-state index contributed by atoms with van der Waals surface area (Å²) in [5, 5.41) is 0. The van der Waals surface area contributed by atoms with Gasteiger partial charge in [-0.2, -0.15) is 0 Å². The third-order valence-electron chi connectivity index (χ3n) is 3.45. The summed E-state index contributed by atoms with van der Waals surface area (Å²) in [6.45, 7) is 4.38. The summed E-state index contributed by atoms with van der Waals surface area (Å²) in [6.07, 6.45) is 1.56. The van der Waals surface area contributed by atoms with Gasteiger partial charge in [-0.3, -0.25) is 15.0 Å². The number of hydrazine groups is 1. The van der Waals surface area contributed by atoms with E-state index in [1.165, 1.54) is 12.1 Å². The average molecular weight is 339 g/mol. The van der Waals surface area contributed by atoms with Crippen molar-refractivity contribution < 1.29 is 18.0 Å². The van der Waals surface area contributed by atoms with Gasteiger partial charge in [0.25, 0.3) is 10.0 Å².